The average Bonchev–Trinajstić information content (AvgIpc) is 2.25. The first-order valence-electron chi connectivity index (χ1n) is 5.42. The molecule has 4 heteroatoms. The van der Waals surface area contributed by atoms with E-state index in [1.54, 1.807) is 0 Å². The van der Waals surface area contributed by atoms with Crippen LogP contribution in [0.3, 0.4) is 0 Å². The number of hydrogen-bond donors (Lipinski definition) is 1. The van der Waals surface area contributed by atoms with Crippen LogP contribution in [0.2, 0.25) is 5.02 Å². The molecule has 1 aromatic carbocycles. The molecule has 0 aromatic heterocycles. The minimum Gasteiger partial charge on any atom is -0.492 e. The van der Waals surface area contributed by atoms with E-state index in [-0.39, 0.29) is 0 Å². The molecular formula is C12H17BrClNO. The first kappa shape index (κ1) is 13.8. The zero-order valence-electron chi connectivity index (χ0n) is 9.59. The fourth-order valence-corrected chi connectivity index (χ4v) is 2.00. The maximum Gasteiger partial charge on any atom is 0.137 e. The Morgan fingerprint density at radius 2 is 2.25 bits per heavy atom. The van der Waals surface area contributed by atoms with Crippen molar-refractivity contribution < 1.29 is 4.74 Å². The molecule has 1 N–H and O–H groups in total. The van der Waals surface area contributed by atoms with Crippen molar-refractivity contribution in [2.24, 2.45) is 5.92 Å². The van der Waals surface area contributed by atoms with E-state index in [1.165, 1.54) is 0 Å². The van der Waals surface area contributed by atoms with Crippen LogP contribution in [-0.2, 0) is 0 Å². The summed E-state index contributed by atoms with van der Waals surface area (Å²) in [6.45, 7) is 6.87. The molecule has 0 saturated heterocycles. The Balaban J connectivity index is 2.42. The summed E-state index contributed by atoms with van der Waals surface area (Å²) < 4.78 is 6.62. The van der Waals surface area contributed by atoms with Gasteiger partial charge < -0.3 is 10.1 Å². The van der Waals surface area contributed by atoms with Crippen LogP contribution in [0.1, 0.15) is 13.8 Å². The van der Waals surface area contributed by atoms with Crippen LogP contribution in [0.15, 0.2) is 22.7 Å². The van der Waals surface area contributed by atoms with Crippen LogP contribution >= 0.6 is 27.5 Å². The number of rotatable bonds is 6. The highest BCUT2D eigenvalue weighted by atomic mass is 79.9. The van der Waals surface area contributed by atoms with Crippen LogP contribution < -0.4 is 10.1 Å². The molecule has 0 aliphatic heterocycles. The largest absolute Gasteiger partial charge is 0.492 e. The maximum atomic E-state index is 6.05. The lowest BCUT2D eigenvalue weighted by atomic mass is 10.2. The van der Waals surface area contributed by atoms with Crippen molar-refractivity contribution in [1.29, 1.82) is 0 Å². The number of halogens is 2. The van der Waals surface area contributed by atoms with E-state index in [0.717, 1.165) is 23.3 Å². The minimum absolute atomic E-state index is 0.472. The number of hydrogen-bond acceptors (Lipinski definition) is 2. The summed E-state index contributed by atoms with van der Waals surface area (Å²) in [7, 11) is 0. The Labute approximate surface area is 110 Å². The lowest BCUT2D eigenvalue weighted by Gasteiger charge is -2.14. The van der Waals surface area contributed by atoms with E-state index in [4.69, 9.17) is 16.3 Å². The van der Waals surface area contributed by atoms with Gasteiger partial charge >= 0.3 is 0 Å². The van der Waals surface area contributed by atoms with Gasteiger partial charge in [0.1, 0.15) is 5.75 Å². The minimum atomic E-state index is 0.472. The molecule has 0 amide bonds. The predicted octanol–water partition coefficient (Wildman–Crippen LogP) is 3.73. The van der Waals surface area contributed by atoms with Crippen molar-refractivity contribution in [2.45, 2.75) is 13.8 Å². The normalized spacial score (nSPS) is 12.5. The summed E-state index contributed by atoms with van der Waals surface area (Å²) in [6, 6.07) is 5.65. The van der Waals surface area contributed by atoms with Gasteiger partial charge in [-0.1, -0.05) is 41.4 Å². The molecule has 0 spiro atoms. The Kier molecular flexibility index (Phi) is 6.17. The van der Waals surface area contributed by atoms with Crippen LogP contribution in [0, 0.1) is 5.92 Å². The molecule has 0 fully saturated rings. The first-order chi connectivity index (χ1) is 7.63. The van der Waals surface area contributed by atoms with E-state index >= 15 is 0 Å². The molecule has 1 atom stereocenters. The summed E-state index contributed by atoms with van der Waals surface area (Å²) in [5.74, 6) is 1.22. The van der Waals surface area contributed by atoms with Crippen LogP contribution in [-0.4, -0.2) is 19.7 Å². The molecule has 2 nitrogen and oxygen atoms in total. The van der Waals surface area contributed by atoms with Gasteiger partial charge in [0.2, 0.25) is 0 Å². The van der Waals surface area contributed by atoms with Gasteiger partial charge in [-0.15, -0.1) is 0 Å². The highest BCUT2D eigenvalue weighted by Crippen LogP contribution is 2.27. The number of ether oxygens (including phenoxy) is 1. The van der Waals surface area contributed by atoms with Gasteiger partial charge in [-0.05, 0) is 24.7 Å². The molecule has 0 aliphatic carbocycles. The maximum absolute atomic E-state index is 6.05. The van der Waals surface area contributed by atoms with E-state index in [9.17, 15) is 0 Å². The summed E-state index contributed by atoms with van der Waals surface area (Å²) >= 11 is 9.41. The summed E-state index contributed by atoms with van der Waals surface area (Å²) in [5, 5.41) is 3.93. The summed E-state index contributed by atoms with van der Waals surface area (Å²) in [4.78, 5) is 0. The van der Waals surface area contributed by atoms with Crippen molar-refractivity contribution in [1.82, 2.24) is 5.32 Å². The van der Waals surface area contributed by atoms with Crippen LogP contribution in [0.4, 0.5) is 0 Å². The third-order valence-electron chi connectivity index (χ3n) is 2.16. The lowest BCUT2D eigenvalue weighted by molar-refractivity contribution is 0.256. The van der Waals surface area contributed by atoms with Gasteiger partial charge in [-0.25, -0.2) is 0 Å². The van der Waals surface area contributed by atoms with Gasteiger partial charge in [0.05, 0.1) is 11.6 Å². The third kappa shape index (κ3) is 4.73. The number of benzene rings is 1. The first-order valence-corrected chi connectivity index (χ1v) is 6.59. The topological polar surface area (TPSA) is 21.3 Å². The van der Waals surface area contributed by atoms with E-state index in [1.807, 2.05) is 18.2 Å². The van der Waals surface area contributed by atoms with E-state index in [0.29, 0.717) is 17.5 Å². The van der Waals surface area contributed by atoms with Crippen molar-refractivity contribution >= 4 is 27.5 Å². The fraction of sp³-hybridized carbons (Fsp3) is 0.500. The predicted molar refractivity (Wildman–Crippen MR) is 72.4 cm³/mol. The lowest BCUT2D eigenvalue weighted by Crippen LogP contribution is -2.24. The Hall–Kier alpha value is -0.250. The molecule has 1 rings (SSSR count). The van der Waals surface area contributed by atoms with Crippen molar-refractivity contribution in [3.8, 4) is 5.75 Å². The Morgan fingerprint density at radius 3 is 2.88 bits per heavy atom. The molecule has 1 unspecified atom stereocenters. The van der Waals surface area contributed by atoms with Gasteiger partial charge in [0.25, 0.3) is 0 Å². The Bertz CT molecular complexity index is 333. The SMILES string of the molecule is CCNCC(C)COc1ccc(Br)cc1Cl. The van der Waals surface area contributed by atoms with Gasteiger partial charge in [0, 0.05) is 16.9 Å². The van der Waals surface area contributed by atoms with E-state index < -0.39 is 0 Å². The average molecular weight is 307 g/mol. The third-order valence-corrected chi connectivity index (χ3v) is 2.95. The molecule has 0 radical (unpaired) electrons. The number of nitrogens with one attached hydrogen (secondary N) is 1. The highest BCUT2D eigenvalue weighted by Gasteiger charge is 2.05. The molecule has 0 aliphatic rings. The van der Waals surface area contributed by atoms with Crippen molar-refractivity contribution in [3.63, 3.8) is 0 Å². The molecule has 0 saturated carbocycles. The zero-order valence-corrected chi connectivity index (χ0v) is 11.9. The second-order valence-electron chi connectivity index (χ2n) is 3.80. The van der Waals surface area contributed by atoms with Crippen molar-refractivity contribution in [3.05, 3.63) is 27.7 Å². The quantitative estimate of drug-likeness (QED) is 0.865. The highest BCUT2D eigenvalue weighted by molar-refractivity contribution is 9.10. The van der Waals surface area contributed by atoms with Gasteiger partial charge in [0.15, 0.2) is 0 Å². The fourth-order valence-electron chi connectivity index (χ4n) is 1.27. The van der Waals surface area contributed by atoms with Gasteiger partial charge in [-0.3, -0.25) is 0 Å². The second kappa shape index (κ2) is 7.15. The second-order valence-corrected chi connectivity index (χ2v) is 5.12. The molecule has 90 valence electrons. The standard InChI is InChI=1S/C12H17BrClNO/c1-3-15-7-9(2)8-16-12-5-4-10(13)6-11(12)14/h4-6,9,15H,3,7-8H2,1-2H3. The smallest absolute Gasteiger partial charge is 0.137 e. The molecule has 1 aromatic rings. The van der Waals surface area contributed by atoms with Gasteiger partial charge in [-0.2, -0.15) is 0 Å². The Morgan fingerprint density at radius 1 is 1.50 bits per heavy atom. The summed E-state index contributed by atoms with van der Waals surface area (Å²) in [5.41, 5.74) is 0. The van der Waals surface area contributed by atoms with Crippen LogP contribution in [0.5, 0.6) is 5.75 Å². The molecule has 16 heavy (non-hydrogen) atoms. The molecule has 0 bridgehead atoms. The molecular weight excluding hydrogens is 289 g/mol. The van der Waals surface area contributed by atoms with Crippen molar-refractivity contribution in [2.75, 3.05) is 19.7 Å². The summed E-state index contributed by atoms with van der Waals surface area (Å²) in [6.07, 6.45) is 0. The van der Waals surface area contributed by atoms with Crippen LogP contribution in [0.25, 0.3) is 0 Å². The molecule has 0 heterocycles. The van der Waals surface area contributed by atoms with E-state index in [2.05, 4.69) is 35.1 Å². The zero-order chi connectivity index (χ0) is 12.0. The monoisotopic (exact) mass is 305 g/mol.